The molecule has 0 radical (unpaired) electrons. The third kappa shape index (κ3) is 6.71. The van der Waals surface area contributed by atoms with Crippen LogP contribution in [0, 0.1) is 36.5 Å². The molecule has 0 saturated heterocycles. The van der Waals surface area contributed by atoms with Gasteiger partial charge in [-0.25, -0.2) is 9.48 Å². The van der Waals surface area contributed by atoms with E-state index in [1.807, 2.05) is 29.8 Å². The fourth-order valence-corrected chi connectivity index (χ4v) is 8.97. The largest absolute Gasteiger partial charge is 0.482 e. The Morgan fingerprint density at radius 1 is 1.05 bits per heavy atom. The normalized spacial score (nSPS) is 27.1. The molecular formula is C32H43N3O5S. The van der Waals surface area contributed by atoms with Gasteiger partial charge in [0.05, 0.1) is 19.3 Å². The number of hydrogen-bond acceptors (Lipinski definition) is 6. The van der Waals surface area contributed by atoms with Gasteiger partial charge in [-0.3, -0.25) is 4.79 Å². The number of benzene rings is 1. The van der Waals surface area contributed by atoms with Crippen LogP contribution in [-0.4, -0.2) is 51.8 Å². The predicted octanol–water partition coefficient (Wildman–Crippen LogP) is 5.96. The second-order valence-electron chi connectivity index (χ2n) is 12.8. The van der Waals surface area contributed by atoms with E-state index in [0.29, 0.717) is 48.1 Å². The first-order valence-electron chi connectivity index (χ1n) is 15.5. The number of aromatic nitrogens is 2. The number of thioether (sulfide) groups is 1. The van der Waals surface area contributed by atoms with E-state index < -0.39 is 5.97 Å². The molecule has 5 aliphatic rings. The number of carboxylic acid groups (broad SMARTS) is 1. The fraction of sp³-hybridized carbons (Fsp3) is 0.656. The Bertz CT molecular complexity index is 1210. The van der Waals surface area contributed by atoms with E-state index in [4.69, 9.17) is 14.6 Å². The van der Waals surface area contributed by atoms with Gasteiger partial charge in [-0.05, 0) is 105 Å². The van der Waals surface area contributed by atoms with E-state index in [2.05, 4.69) is 10.4 Å². The fourth-order valence-electron chi connectivity index (χ4n) is 8.05. The van der Waals surface area contributed by atoms with Crippen molar-refractivity contribution in [3.05, 3.63) is 35.5 Å². The molecule has 5 aliphatic carbocycles. The van der Waals surface area contributed by atoms with Crippen molar-refractivity contribution in [1.29, 1.82) is 0 Å². The average molecular weight is 582 g/mol. The van der Waals surface area contributed by atoms with Gasteiger partial charge in [0, 0.05) is 16.7 Å². The lowest BCUT2D eigenvalue weighted by molar-refractivity contribution is -0.139. The van der Waals surface area contributed by atoms with Crippen LogP contribution in [0.5, 0.6) is 11.6 Å². The van der Waals surface area contributed by atoms with E-state index in [9.17, 15) is 9.59 Å². The SMILES string of the molecule is Cc1cc(SCCn2ncc(C(=O)NC3C4CC5CC(C4)CC3C5)c2OCC2CCCCC2)ccc1OCC(=O)O. The summed E-state index contributed by atoms with van der Waals surface area (Å²) in [5, 5.41) is 17.0. The van der Waals surface area contributed by atoms with E-state index in [-0.39, 0.29) is 18.6 Å². The summed E-state index contributed by atoms with van der Waals surface area (Å²) in [5.41, 5.74) is 1.46. The molecular weight excluding hydrogens is 538 g/mol. The predicted molar refractivity (Wildman–Crippen MR) is 158 cm³/mol. The Labute approximate surface area is 246 Å². The molecule has 2 N–H and O–H groups in total. The number of nitrogens with zero attached hydrogens (tertiary/aromatic N) is 2. The molecule has 1 aromatic heterocycles. The first-order chi connectivity index (χ1) is 19.9. The number of carboxylic acids is 1. The number of carbonyl (C=O) groups is 2. The average Bonchev–Trinajstić information content (AvgIpc) is 3.36. The molecule has 1 amide bonds. The quantitative estimate of drug-likeness (QED) is 0.298. The number of nitrogens with one attached hydrogen (secondary N) is 1. The van der Waals surface area contributed by atoms with Crippen molar-refractivity contribution >= 4 is 23.6 Å². The van der Waals surface area contributed by atoms with Gasteiger partial charge in [-0.15, -0.1) is 11.8 Å². The topological polar surface area (TPSA) is 103 Å². The zero-order valence-corrected chi connectivity index (χ0v) is 24.9. The number of ether oxygens (including phenoxy) is 2. The highest BCUT2D eigenvalue weighted by Crippen LogP contribution is 2.53. The molecule has 4 bridgehead atoms. The molecule has 5 fully saturated rings. The molecule has 0 atom stereocenters. The van der Waals surface area contributed by atoms with Crippen LogP contribution in [0.1, 0.15) is 80.1 Å². The zero-order chi connectivity index (χ0) is 28.3. The smallest absolute Gasteiger partial charge is 0.341 e. The van der Waals surface area contributed by atoms with Gasteiger partial charge in [-0.1, -0.05) is 19.3 Å². The van der Waals surface area contributed by atoms with Crippen LogP contribution in [0.25, 0.3) is 0 Å². The molecule has 7 rings (SSSR count). The van der Waals surface area contributed by atoms with Crippen molar-refractivity contribution in [1.82, 2.24) is 15.1 Å². The first-order valence-corrected chi connectivity index (χ1v) is 16.5. The number of amides is 1. The van der Waals surface area contributed by atoms with Crippen LogP contribution >= 0.6 is 11.8 Å². The lowest BCUT2D eigenvalue weighted by Gasteiger charge is -2.54. The highest BCUT2D eigenvalue weighted by molar-refractivity contribution is 7.99. The van der Waals surface area contributed by atoms with Gasteiger partial charge in [0.25, 0.3) is 5.91 Å². The van der Waals surface area contributed by atoms with Crippen LogP contribution in [0.3, 0.4) is 0 Å². The maximum Gasteiger partial charge on any atom is 0.341 e. The van der Waals surface area contributed by atoms with E-state index in [0.717, 1.165) is 28.0 Å². The molecule has 9 heteroatoms. The van der Waals surface area contributed by atoms with Crippen molar-refractivity contribution in [2.75, 3.05) is 19.0 Å². The highest BCUT2D eigenvalue weighted by atomic mass is 32.2. The summed E-state index contributed by atoms with van der Waals surface area (Å²) in [7, 11) is 0. The Hall–Kier alpha value is -2.68. The number of carbonyl (C=O) groups excluding carboxylic acids is 1. The molecule has 8 nitrogen and oxygen atoms in total. The van der Waals surface area contributed by atoms with Crippen molar-refractivity contribution < 1.29 is 24.2 Å². The minimum absolute atomic E-state index is 0.0346. The summed E-state index contributed by atoms with van der Waals surface area (Å²) in [4.78, 5) is 25.6. The Kier molecular flexibility index (Phi) is 8.79. The molecule has 1 aromatic carbocycles. The van der Waals surface area contributed by atoms with Crippen LogP contribution in [0.4, 0.5) is 0 Å². The van der Waals surface area contributed by atoms with Crippen molar-refractivity contribution in [2.24, 2.45) is 29.6 Å². The maximum atomic E-state index is 13.7. The monoisotopic (exact) mass is 581 g/mol. The van der Waals surface area contributed by atoms with Gasteiger partial charge in [0.2, 0.25) is 5.88 Å². The molecule has 41 heavy (non-hydrogen) atoms. The first kappa shape index (κ1) is 28.4. The van der Waals surface area contributed by atoms with Crippen LogP contribution in [0.15, 0.2) is 29.3 Å². The Morgan fingerprint density at radius 2 is 1.78 bits per heavy atom. The summed E-state index contributed by atoms with van der Waals surface area (Å²) in [6, 6.07) is 6.06. The summed E-state index contributed by atoms with van der Waals surface area (Å²) in [6.45, 7) is 2.82. The molecule has 5 saturated carbocycles. The summed E-state index contributed by atoms with van der Waals surface area (Å²) < 4.78 is 13.6. The van der Waals surface area contributed by atoms with Crippen LogP contribution in [0.2, 0.25) is 0 Å². The minimum Gasteiger partial charge on any atom is -0.482 e. The summed E-state index contributed by atoms with van der Waals surface area (Å²) in [6.07, 6.45) is 14.4. The van der Waals surface area contributed by atoms with Crippen molar-refractivity contribution in [2.45, 2.75) is 88.6 Å². The molecule has 0 spiro atoms. The number of aliphatic carboxylic acids is 1. The second-order valence-corrected chi connectivity index (χ2v) is 14.0. The van der Waals surface area contributed by atoms with Gasteiger partial charge in [0.15, 0.2) is 6.61 Å². The van der Waals surface area contributed by atoms with Gasteiger partial charge >= 0.3 is 5.97 Å². The number of aryl methyl sites for hydroxylation is 2. The summed E-state index contributed by atoms with van der Waals surface area (Å²) in [5.74, 6) is 4.44. The van der Waals surface area contributed by atoms with Gasteiger partial charge in [0.1, 0.15) is 11.3 Å². The van der Waals surface area contributed by atoms with E-state index >= 15 is 0 Å². The standard InChI is InChI=1S/C32H43N3O5S/c1-20-11-26(7-8-28(20)39-19-29(36)37)41-10-9-35-32(40-18-21-5-3-2-4-6-21)27(17-33-35)31(38)34-30-24-13-22-12-23(15-24)16-25(30)14-22/h7-8,11,17,21-25,30H,2-6,9-10,12-16,18-19H2,1H3,(H,34,38)(H,36,37). The number of rotatable bonds is 12. The Balaban J connectivity index is 1.11. The molecule has 222 valence electrons. The van der Waals surface area contributed by atoms with E-state index in [1.54, 1.807) is 18.0 Å². The molecule has 1 heterocycles. The minimum atomic E-state index is -0.991. The summed E-state index contributed by atoms with van der Waals surface area (Å²) >= 11 is 1.69. The maximum absolute atomic E-state index is 13.7. The van der Waals surface area contributed by atoms with Crippen LogP contribution < -0.4 is 14.8 Å². The lowest BCUT2D eigenvalue weighted by atomic mass is 9.54. The van der Waals surface area contributed by atoms with Crippen molar-refractivity contribution in [3.8, 4) is 11.6 Å². The van der Waals surface area contributed by atoms with E-state index in [1.165, 1.54) is 64.2 Å². The molecule has 0 aliphatic heterocycles. The number of hydrogen-bond donors (Lipinski definition) is 2. The van der Waals surface area contributed by atoms with Crippen molar-refractivity contribution in [3.63, 3.8) is 0 Å². The van der Waals surface area contributed by atoms with Gasteiger partial charge in [-0.2, -0.15) is 5.10 Å². The lowest BCUT2D eigenvalue weighted by Crippen LogP contribution is -2.55. The highest BCUT2D eigenvalue weighted by Gasteiger charge is 2.48. The zero-order valence-electron chi connectivity index (χ0n) is 24.1. The second kappa shape index (κ2) is 12.7. The van der Waals surface area contributed by atoms with Gasteiger partial charge < -0.3 is 19.9 Å². The molecule has 2 aromatic rings. The third-order valence-electron chi connectivity index (χ3n) is 9.81. The van der Waals surface area contributed by atoms with Crippen LogP contribution in [-0.2, 0) is 11.3 Å². The Morgan fingerprint density at radius 3 is 2.46 bits per heavy atom. The molecule has 0 unspecified atom stereocenters. The third-order valence-corrected chi connectivity index (χ3v) is 10.8.